The Morgan fingerprint density at radius 2 is 1.77 bits per heavy atom. The Labute approximate surface area is 177 Å². The van der Waals surface area contributed by atoms with Crippen LogP contribution < -0.4 is 5.32 Å². The molecule has 6 heteroatoms. The molecular formula is C24H30N4O2. The first-order valence-electron chi connectivity index (χ1n) is 10.6. The summed E-state index contributed by atoms with van der Waals surface area (Å²) in [6.45, 7) is 10.9. The molecule has 1 aromatic heterocycles. The van der Waals surface area contributed by atoms with Crippen LogP contribution in [0.5, 0.6) is 0 Å². The van der Waals surface area contributed by atoms with Gasteiger partial charge in [-0.1, -0.05) is 24.3 Å². The lowest BCUT2D eigenvalue weighted by atomic mass is 10.1. The predicted molar refractivity (Wildman–Crippen MR) is 120 cm³/mol. The number of carbonyl (C=O) groups excluding carboxylic acids is 1. The maximum absolute atomic E-state index is 12.6. The number of fused-ring (bicyclic) bond motifs is 1. The molecule has 1 aliphatic rings. The summed E-state index contributed by atoms with van der Waals surface area (Å²) in [5.41, 5.74) is 6.07. The summed E-state index contributed by atoms with van der Waals surface area (Å²) in [6, 6.07) is 12.2. The number of hydrogen-bond donors (Lipinski definition) is 1. The summed E-state index contributed by atoms with van der Waals surface area (Å²) in [4.78, 5) is 21.8. The molecule has 0 bridgehead atoms. The maximum Gasteiger partial charge on any atom is 0.238 e. The van der Waals surface area contributed by atoms with E-state index in [1.807, 2.05) is 44.2 Å². The minimum absolute atomic E-state index is 0.0511. The van der Waals surface area contributed by atoms with Gasteiger partial charge in [0.25, 0.3) is 0 Å². The summed E-state index contributed by atoms with van der Waals surface area (Å²) < 4.78 is 5.94. The van der Waals surface area contributed by atoms with Gasteiger partial charge in [0.15, 0.2) is 5.58 Å². The van der Waals surface area contributed by atoms with Gasteiger partial charge in [-0.3, -0.25) is 14.6 Å². The summed E-state index contributed by atoms with van der Waals surface area (Å²) in [5, 5.41) is 3.10. The fraction of sp³-hybridized carbons (Fsp3) is 0.417. The Balaban J connectivity index is 1.31. The Kier molecular flexibility index (Phi) is 6.16. The number of hydrogen-bond acceptors (Lipinski definition) is 5. The highest BCUT2D eigenvalue weighted by atomic mass is 16.3. The molecular weight excluding hydrogens is 376 g/mol. The van der Waals surface area contributed by atoms with Gasteiger partial charge in [-0.15, -0.1) is 0 Å². The van der Waals surface area contributed by atoms with Crippen LogP contribution in [0.3, 0.4) is 0 Å². The number of nitrogens with one attached hydrogen (secondary N) is 1. The Bertz CT molecular complexity index is 1020. The molecule has 0 aliphatic carbocycles. The van der Waals surface area contributed by atoms with E-state index in [0.717, 1.165) is 66.4 Å². The SMILES string of the molecule is Cc1ccc2nc(CN3CCCN(CC(=O)Nc4c(C)cccc4C)CC3)oc2c1. The van der Waals surface area contributed by atoms with Crippen LogP contribution in [-0.2, 0) is 11.3 Å². The van der Waals surface area contributed by atoms with E-state index in [-0.39, 0.29) is 5.91 Å². The smallest absolute Gasteiger partial charge is 0.238 e. The first kappa shape index (κ1) is 20.6. The number of amides is 1. The average molecular weight is 407 g/mol. The Morgan fingerprint density at radius 1 is 1.03 bits per heavy atom. The lowest BCUT2D eigenvalue weighted by molar-refractivity contribution is -0.117. The van der Waals surface area contributed by atoms with Crippen LogP contribution >= 0.6 is 0 Å². The molecule has 0 saturated carbocycles. The third-order valence-corrected chi connectivity index (χ3v) is 5.74. The first-order chi connectivity index (χ1) is 14.5. The zero-order valence-corrected chi connectivity index (χ0v) is 18.1. The summed E-state index contributed by atoms with van der Waals surface area (Å²) in [7, 11) is 0. The van der Waals surface area contributed by atoms with E-state index in [1.165, 1.54) is 5.56 Å². The molecule has 1 amide bonds. The number of nitrogens with zero attached hydrogens (tertiary/aromatic N) is 3. The van der Waals surface area contributed by atoms with Crippen molar-refractivity contribution in [1.82, 2.24) is 14.8 Å². The number of anilines is 1. The molecule has 6 nitrogen and oxygen atoms in total. The van der Waals surface area contributed by atoms with Crippen molar-refractivity contribution in [3.63, 3.8) is 0 Å². The zero-order chi connectivity index (χ0) is 21.1. The number of benzene rings is 2. The van der Waals surface area contributed by atoms with E-state index in [2.05, 4.69) is 33.1 Å². The number of oxazole rings is 1. The molecule has 1 aliphatic heterocycles. The number of carbonyl (C=O) groups is 1. The van der Waals surface area contributed by atoms with Crippen molar-refractivity contribution in [3.05, 3.63) is 59.0 Å². The molecule has 0 unspecified atom stereocenters. The van der Waals surface area contributed by atoms with Gasteiger partial charge in [0.2, 0.25) is 11.8 Å². The molecule has 0 atom stereocenters. The van der Waals surface area contributed by atoms with Crippen molar-refractivity contribution < 1.29 is 9.21 Å². The normalized spacial score (nSPS) is 16.0. The van der Waals surface area contributed by atoms with E-state index in [9.17, 15) is 4.79 Å². The maximum atomic E-state index is 12.6. The van der Waals surface area contributed by atoms with Crippen LogP contribution in [0.25, 0.3) is 11.1 Å². The molecule has 0 spiro atoms. The van der Waals surface area contributed by atoms with Crippen molar-refractivity contribution >= 4 is 22.7 Å². The van der Waals surface area contributed by atoms with Crippen molar-refractivity contribution in [2.45, 2.75) is 33.7 Å². The predicted octanol–water partition coefficient (Wildman–Crippen LogP) is 3.90. The molecule has 1 N–H and O–H groups in total. The summed E-state index contributed by atoms with van der Waals surface area (Å²) in [6.07, 6.45) is 1.02. The van der Waals surface area contributed by atoms with Gasteiger partial charge in [0.1, 0.15) is 5.52 Å². The van der Waals surface area contributed by atoms with Crippen LogP contribution in [0.1, 0.15) is 29.0 Å². The largest absolute Gasteiger partial charge is 0.439 e. The second kappa shape index (κ2) is 8.98. The third kappa shape index (κ3) is 4.89. The molecule has 3 aromatic rings. The van der Waals surface area contributed by atoms with Crippen LogP contribution in [0.4, 0.5) is 5.69 Å². The van der Waals surface area contributed by atoms with Crippen LogP contribution in [0.15, 0.2) is 40.8 Å². The van der Waals surface area contributed by atoms with Gasteiger partial charge < -0.3 is 9.73 Å². The molecule has 1 saturated heterocycles. The fourth-order valence-electron chi connectivity index (χ4n) is 4.07. The lowest BCUT2D eigenvalue weighted by Gasteiger charge is -2.21. The van der Waals surface area contributed by atoms with Gasteiger partial charge >= 0.3 is 0 Å². The van der Waals surface area contributed by atoms with Crippen LogP contribution in [0.2, 0.25) is 0 Å². The fourth-order valence-corrected chi connectivity index (χ4v) is 4.07. The van der Waals surface area contributed by atoms with Gasteiger partial charge in [-0.2, -0.15) is 0 Å². The molecule has 1 fully saturated rings. The highest BCUT2D eigenvalue weighted by Crippen LogP contribution is 2.20. The zero-order valence-electron chi connectivity index (χ0n) is 18.1. The highest BCUT2D eigenvalue weighted by molar-refractivity contribution is 5.93. The van der Waals surface area contributed by atoms with Crippen LogP contribution in [0, 0.1) is 20.8 Å². The molecule has 2 heterocycles. The molecule has 2 aromatic carbocycles. The van der Waals surface area contributed by atoms with Crippen molar-refractivity contribution in [2.24, 2.45) is 0 Å². The van der Waals surface area contributed by atoms with Gasteiger partial charge in [0.05, 0.1) is 13.1 Å². The third-order valence-electron chi connectivity index (χ3n) is 5.74. The van der Waals surface area contributed by atoms with E-state index < -0.39 is 0 Å². The van der Waals surface area contributed by atoms with Crippen molar-refractivity contribution in [3.8, 4) is 0 Å². The first-order valence-corrected chi connectivity index (χ1v) is 10.6. The van der Waals surface area contributed by atoms with Crippen molar-refractivity contribution in [1.29, 1.82) is 0 Å². The molecule has 4 rings (SSSR count). The quantitative estimate of drug-likeness (QED) is 0.696. The number of para-hydroxylation sites is 1. The minimum atomic E-state index is 0.0511. The summed E-state index contributed by atoms with van der Waals surface area (Å²) >= 11 is 0. The minimum Gasteiger partial charge on any atom is -0.439 e. The van der Waals surface area contributed by atoms with E-state index in [1.54, 1.807) is 0 Å². The molecule has 158 valence electrons. The van der Waals surface area contributed by atoms with Gasteiger partial charge in [-0.05, 0) is 69.1 Å². The number of aryl methyl sites for hydroxylation is 3. The van der Waals surface area contributed by atoms with E-state index >= 15 is 0 Å². The second-order valence-electron chi connectivity index (χ2n) is 8.30. The van der Waals surface area contributed by atoms with Gasteiger partial charge in [-0.25, -0.2) is 4.98 Å². The monoisotopic (exact) mass is 406 g/mol. The Morgan fingerprint density at radius 3 is 2.57 bits per heavy atom. The Hall–Kier alpha value is -2.70. The standard InChI is InChI=1S/C24H30N4O2/c1-17-8-9-20-21(14-17)30-23(25-20)16-28-11-5-10-27(12-13-28)15-22(29)26-24-18(2)6-4-7-19(24)3/h4,6-9,14H,5,10-13,15-16H2,1-3H3,(H,26,29). The van der Waals surface area contributed by atoms with Crippen molar-refractivity contribution in [2.75, 3.05) is 38.0 Å². The second-order valence-corrected chi connectivity index (χ2v) is 8.30. The van der Waals surface area contributed by atoms with Crippen LogP contribution in [-0.4, -0.2) is 53.4 Å². The average Bonchev–Trinajstić information content (AvgIpc) is 2.96. The highest BCUT2D eigenvalue weighted by Gasteiger charge is 2.19. The molecule has 0 radical (unpaired) electrons. The summed E-state index contributed by atoms with van der Waals surface area (Å²) in [5.74, 6) is 0.812. The van der Waals surface area contributed by atoms with E-state index in [4.69, 9.17) is 4.42 Å². The topological polar surface area (TPSA) is 61.6 Å². The van der Waals surface area contributed by atoms with Gasteiger partial charge in [0, 0.05) is 18.8 Å². The number of aromatic nitrogens is 1. The molecule has 30 heavy (non-hydrogen) atoms. The number of rotatable bonds is 5. The lowest BCUT2D eigenvalue weighted by Crippen LogP contribution is -2.36. The van der Waals surface area contributed by atoms with E-state index in [0.29, 0.717) is 13.1 Å².